The first-order chi connectivity index (χ1) is 17.3. The van der Waals surface area contributed by atoms with Crippen molar-refractivity contribution in [1.82, 2.24) is 9.80 Å². The summed E-state index contributed by atoms with van der Waals surface area (Å²) in [6.45, 7) is 6.70. The molecule has 0 bridgehead atoms. The lowest BCUT2D eigenvalue weighted by molar-refractivity contribution is -0.144. The van der Waals surface area contributed by atoms with E-state index in [4.69, 9.17) is 4.74 Å². The highest BCUT2D eigenvalue weighted by molar-refractivity contribution is 6.50. The lowest BCUT2D eigenvalue weighted by Gasteiger charge is -2.36. The Bertz CT molecular complexity index is 1290. The minimum Gasteiger partial charge on any atom is -0.507 e. The molecule has 0 aromatic heterocycles. The number of ether oxygens (including phenoxy) is 1. The summed E-state index contributed by atoms with van der Waals surface area (Å²) in [5.74, 6) is -3.44. The Morgan fingerprint density at radius 3 is 2.50 bits per heavy atom. The van der Waals surface area contributed by atoms with Gasteiger partial charge in [0.15, 0.2) is 5.54 Å². The molecule has 1 N–H and O–H groups in total. The lowest BCUT2D eigenvalue weighted by atomic mass is 9.82. The molecule has 1 spiro atoms. The van der Waals surface area contributed by atoms with E-state index in [0.29, 0.717) is 56.2 Å². The number of hydrogen-bond acceptors (Lipinski definition) is 6. The minimum absolute atomic E-state index is 0.0314. The van der Waals surface area contributed by atoms with Gasteiger partial charge in [-0.1, -0.05) is 30.3 Å². The molecule has 2 aromatic carbocycles. The number of halogens is 1. The molecule has 36 heavy (non-hydrogen) atoms. The quantitative estimate of drug-likeness (QED) is 0.391. The van der Waals surface area contributed by atoms with Crippen molar-refractivity contribution in [3.05, 3.63) is 70.5 Å². The number of Topliss-reactive ketones (excluding diaryl/α,β-unsaturated/α-hetero) is 1. The molecule has 9 heteroatoms. The number of hydrogen-bond donors (Lipinski definition) is 1. The SMILES string of the molecule is CCN1C(=O)C2(C(=C(O)c3ccc(C)c(F)c3)C(=O)C(=O)N2CCN2CCOCC2)c2ccccc21. The van der Waals surface area contributed by atoms with E-state index in [9.17, 15) is 23.9 Å². The number of carbonyl (C=O) groups is 3. The summed E-state index contributed by atoms with van der Waals surface area (Å²) in [5, 5.41) is 11.4. The molecule has 188 valence electrons. The topological polar surface area (TPSA) is 90.4 Å². The summed E-state index contributed by atoms with van der Waals surface area (Å²) < 4.78 is 19.8. The summed E-state index contributed by atoms with van der Waals surface area (Å²) in [5.41, 5.74) is -0.739. The molecular weight excluding hydrogens is 465 g/mol. The van der Waals surface area contributed by atoms with E-state index in [-0.39, 0.29) is 17.7 Å². The van der Waals surface area contributed by atoms with Gasteiger partial charge in [-0.25, -0.2) is 4.39 Å². The van der Waals surface area contributed by atoms with Crippen molar-refractivity contribution in [2.75, 3.05) is 50.8 Å². The molecule has 0 aliphatic carbocycles. The Hall–Kier alpha value is -3.56. The zero-order valence-electron chi connectivity index (χ0n) is 20.3. The third kappa shape index (κ3) is 3.45. The summed E-state index contributed by atoms with van der Waals surface area (Å²) in [6.07, 6.45) is 0. The van der Waals surface area contributed by atoms with E-state index in [1.165, 1.54) is 21.9 Å². The minimum atomic E-state index is -1.83. The molecule has 3 aliphatic heterocycles. The van der Waals surface area contributed by atoms with E-state index >= 15 is 0 Å². The van der Waals surface area contributed by atoms with E-state index < -0.39 is 34.7 Å². The predicted octanol–water partition coefficient (Wildman–Crippen LogP) is 2.41. The van der Waals surface area contributed by atoms with Gasteiger partial charge in [0.25, 0.3) is 17.6 Å². The highest BCUT2D eigenvalue weighted by Gasteiger charge is 2.66. The average molecular weight is 494 g/mol. The first-order valence-electron chi connectivity index (χ1n) is 12.1. The van der Waals surface area contributed by atoms with Crippen LogP contribution in [0.25, 0.3) is 5.76 Å². The van der Waals surface area contributed by atoms with Crippen LogP contribution in [0.5, 0.6) is 0 Å². The van der Waals surface area contributed by atoms with Crippen molar-refractivity contribution in [2.24, 2.45) is 0 Å². The van der Waals surface area contributed by atoms with Gasteiger partial charge in [-0.15, -0.1) is 0 Å². The van der Waals surface area contributed by atoms with Gasteiger partial charge in [-0.05, 0) is 31.5 Å². The van der Waals surface area contributed by atoms with Gasteiger partial charge >= 0.3 is 0 Å². The first kappa shape index (κ1) is 24.1. The third-order valence-electron chi connectivity index (χ3n) is 7.31. The van der Waals surface area contributed by atoms with Crippen molar-refractivity contribution >= 4 is 29.0 Å². The fourth-order valence-corrected chi connectivity index (χ4v) is 5.43. The van der Waals surface area contributed by atoms with Crippen LogP contribution in [0.4, 0.5) is 10.1 Å². The van der Waals surface area contributed by atoms with Crippen LogP contribution in [0.2, 0.25) is 0 Å². The van der Waals surface area contributed by atoms with Crippen LogP contribution >= 0.6 is 0 Å². The second kappa shape index (κ2) is 9.15. The number of rotatable bonds is 5. The van der Waals surface area contributed by atoms with Crippen molar-refractivity contribution in [3.63, 3.8) is 0 Å². The predicted molar refractivity (Wildman–Crippen MR) is 131 cm³/mol. The Morgan fingerprint density at radius 2 is 1.81 bits per heavy atom. The molecule has 1 unspecified atom stereocenters. The fraction of sp³-hybridized carbons (Fsp3) is 0.370. The summed E-state index contributed by atoms with van der Waals surface area (Å²) in [6, 6.07) is 11.1. The van der Waals surface area contributed by atoms with Crippen LogP contribution in [0.1, 0.15) is 23.6 Å². The average Bonchev–Trinajstić information content (AvgIpc) is 3.27. The van der Waals surface area contributed by atoms with E-state index in [0.717, 1.165) is 6.07 Å². The van der Waals surface area contributed by atoms with Crippen LogP contribution in [0.15, 0.2) is 48.0 Å². The Morgan fingerprint density at radius 1 is 1.08 bits per heavy atom. The molecule has 5 rings (SSSR count). The van der Waals surface area contributed by atoms with Gasteiger partial charge in [-0.2, -0.15) is 0 Å². The van der Waals surface area contributed by atoms with Crippen LogP contribution in [-0.4, -0.2) is 78.4 Å². The molecule has 1 atom stereocenters. The molecule has 3 aliphatic rings. The molecular formula is C27H28FN3O5. The first-order valence-corrected chi connectivity index (χ1v) is 12.1. The number of amides is 2. The molecule has 3 heterocycles. The summed E-state index contributed by atoms with van der Waals surface area (Å²) >= 11 is 0. The van der Waals surface area contributed by atoms with E-state index in [1.54, 1.807) is 31.2 Å². The highest BCUT2D eigenvalue weighted by atomic mass is 19.1. The zero-order valence-corrected chi connectivity index (χ0v) is 20.3. The Kier molecular flexibility index (Phi) is 6.13. The van der Waals surface area contributed by atoms with Crippen molar-refractivity contribution in [3.8, 4) is 0 Å². The number of morpholine rings is 1. The number of carbonyl (C=O) groups excluding carboxylic acids is 3. The largest absolute Gasteiger partial charge is 0.507 e. The zero-order chi connectivity index (χ0) is 25.6. The molecule has 0 saturated carbocycles. The number of aliphatic hydroxyl groups excluding tert-OH is 1. The maximum atomic E-state index is 14.4. The van der Waals surface area contributed by atoms with Crippen LogP contribution in [0, 0.1) is 12.7 Å². The maximum Gasteiger partial charge on any atom is 0.296 e. The van der Waals surface area contributed by atoms with Crippen LogP contribution in [0.3, 0.4) is 0 Å². The number of aliphatic hydroxyl groups is 1. The molecule has 8 nitrogen and oxygen atoms in total. The Balaban J connectivity index is 1.72. The number of ketones is 1. The summed E-state index contributed by atoms with van der Waals surface area (Å²) in [4.78, 5) is 46.1. The van der Waals surface area contributed by atoms with Gasteiger partial charge < -0.3 is 19.6 Å². The highest BCUT2D eigenvalue weighted by Crippen LogP contribution is 2.53. The maximum absolute atomic E-state index is 14.4. The number of para-hydroxylation sites is 1. The molecule has 2 saturated heterocycles. The molecule has 2 fully saturated rings. The van der Waals surface area contributed by atoms with Gasteiger partial charge in [0.1, 0.15) is 11.6 Å². The second-order valence-corrected chi connectivity index (χ2v) is 9.20. The van der Waals surface area contributed by atoms with Gasteiger partial charge in [0.05, 0.1) is 24.5 Å². The number of benzene rings is 2. The van der Waals surface area contributed by atoms with Crippen LogP contribution in [-0.2, 0) is 24.7 Å². The van der Waals surface area contributed by atoms with Crippen molar-refractivity contribution < 1.29 is 28.6 Å². The molecule has 2 amide bonds. The smallest absolute Gasteiger partial charge is 0.296 e. The lowest BCUT2D eigenvalue weighted by Crippen LogP contribution is -2.54. The van der Waals surface area contributed by atoms with E-state index in [1.807, 2.05) is 6.92 Å². The summed E-state index contributed by atoms with van der Waals surface area (Å²) in [7, 11) is 0. The monoisotopic (exact) mass is 493 g/mol. The fourth-order valence-electron chi connectivity index (χ4n) is 5.43. The third-order valence-corrected chi connectivity index (χ3v) is 7.31. The van der Waals surface area contributed by atoms with Gasteiger partial charge in [0, 0.05) is 43.9 Å². The number of fused-ring (bicyclic) bond motifs is 2. The molecule has 0 radical (unpaired) electrons. The number of anilines is 1. The van der Waals surface area contributed by atoms with Crippen molar-refractivity contribution in [2.45, 2.75) is 19.4 Å². The number of aryl methyl sites for hydroxylation is 1. The normalized spacial score (nSPS) is 23.7. The Labute approximate surface area is 208 Å². The number of likely N-dealkylation sites (tertiary alicyclic amines) is 1. The number of nitrogens with zero attached hydrogens (tertiary/aromatic N) is 3. The number of likely N-dealkylation sites (N-methyl/N-ethyl adjacent to an activating group) is 1. The van der Waals surface area contributed by atoms with Gasteiger partial charge in [0.2, 0.25) is 0 Å². The van der Waals surface area contributed by atoms with Crippen molar-refractivity contribution in [1.29, 1.82) is 0 Å². The molecule has 2 aromatic rings. The van der Waals surface area contributed by atoms with Gasteiger partial charge in [-0.3, -0.25) is 19.3 Å². The second-order valence-electron chi connectivity index (χ2n) is 9.20. The standard InChI is InChI=1S/C27H28FN3O5/c1-3-30-21-7-5-4-6-19(21)27(26(30)35)22(23(32)18-9-8-17(2)20(28)16-18)24(33)25(34)31(27)11-10-29-12-14-36-15-13-29/h4-9,16,32H,3,10-15H2,1-2H3. The van der Waals surface area contributed by atoms with E-state index in [2.05, 4.69) is 4.90 Å². The van der Waals surface area contributed by atoms with Crippen LogP contribution < -0.4 is 4.90 Å².